The van der Waals surface area contributed by atoms with E-state index in [4.69, 9.17) is 9.16 Å². The van der Waals surface area contributed by atoms with E-state index in [0.29, 0.717) is 18.6 Å². The highest BCUT2D eigenvalue weighted by Crippen LogP contribution is 2.29. The molecular weight excluding hydrogens is 320 g/mol. The van der Waals surface area contributed by atoms with Crippen molar-refractivity contribution in [3.05, 3.63) is 64.7 Å². The maximum Gasteiger partial charge on any atom is 0.366 e. The topological polar surface area (TPSA) is 52.6 Å². The lowest BCUT2D eigenvalue weighted by Crippen LogP contribution is -2.33. The Labute approximate surface area is 142 Å². The van der Waals surface area contributed by atoms with Gasteiger partial charge in [0.1, 0.15) is 12.4 Å². The monoisotopic (exact) mass is 340 g/mol. The van der Waals surface area contributed by atoms with Gasteiger partial charge in [0.15, 0.2) is 0 Å². The van der Waals surface area contributed by atoms with Crippen molar-refractivity contribution in [1.29, 1.82) is 0 Å². The van der Waals surface area contributed by atoms with Crippen molar-refractivity contribution in [2.24, 2.45) is 0 Å². The normalized spacial score (nSPS) is 13.1. The van der Waals surface area contributed by atoms with Crippen molar-refractivity contribution in [1.82, 2.24) is 0 Å². The molecule has 0 spiro atoms. The van der Waals surface area contributed by atoms with Gasteiger partial charge in [-0.15, -0.1) is 0 Å². The van der Waals surface area contributed by atoms with E-state index in [-0.39, 0.29) is 0 Å². The number of rotatable bonds is 3. The van der Waals surface area contributed by atoms with Gasteiger partial charge in [-0.1, -0.05) is 24.3 Å². The van der Waals surface area contributed by atoms with Crippen molar-refractivity contribution < 1.29 is 18.8 Å². The Morgan fingerprint density at radius 2 is 1.71 bits per heavy atom. The molecule has 4 nitrogen and oxygen atoms in total. The second kappa shape index (κ2) is 6.24. The van der Waals surface area contributed by atoms with Crippen LogP contribution in [0, 0.1) is 0 Å². The molecule has 0 aromatic heterocycles. The summed E-state index contributed by atoms with van der Waals surface area (Å²) in [6.07, 6.45) is 0.676. The van der Waals surface area contributed by atoms with Gasteiger partial charge in [0.25, 0.3) is 5.78 Å². The number of fused-ring (bicyclic) bond motifs is 2. The lowest BCUT2D eigenvalue weighted by molar-refractivity contribution is -0.130. The summed E-state index contributed by atoms with van der Waals surface area (Å²) in [6.45, 7) is 6.13. The van der Waals surface area contributed by atoms with Crippen LogP contribution in [0.15, 0.2) is 42.5 Å². The van der Waals surface area contributed by atoms with Gasteiger partial charge in [0.05, 0.1) is 0 Å². The molecule has 0 unspecified atom stereocenters. The minimum Gasteiger partial charge on any atom is -0.514 e. The fourth-order valence-electron chi connectivity index (χ4n) is 2.67. The van der Waals surface area contributed by atoms with Crippen LogP contribution in [0.1, 0.15) is 27.0 Å². The summed E-state index contributed by atoms with van der Waals surface area (Å²) in [5, 5.41) is 0. The molecule has 124 valence electrons. The zero-order chi connectivity index (χ0) is 17.3. The smallest absolute Gasteiger partial charge is 0.366 e. The van der Waals surface area contributed by atoms with E-state index in [9.17, 15) is 9.59 Å². The third-order valence-corrected chi connectivity index (χ3v) is 4.59. The molecule has 0 radical (unpaired) electrons. The average molecular weight is 340 g/mol. The minimum absolute atomic E-state index is 0.347. The van der Waals surface area contributed by atoms with Crippen LogP contribution in [0.3, 0.4) is 0 Å². The van der Waals surface area contributed by atoms with Gasteiger partial charge in [0.2, 0.25) is 8.32 Å². The first-order valence-corrected chi connectivity index (χ1v) is 11.3. The Balaban J connectivity index is 1.88. The predicted molar refractivity (Wildman–Crippen MR) is 93.8 cm³/mol. The van der Waals surface area contributed by atoms with Gasteiger partial charge in [-0.3, -0.25) is 4.79 Å². The highest BCUT2D eigenvalue weighted by Gasteiger charge is 2.26. The first kappa shape index (κ1) is 16.5. The summed E-state index contributed by atoms with van der Waals surface area (Å²) >= 11 is 0. The summed E-state index contributed by atoms with van der Waals surface area (Å²) in [5.41, 5.74) is 3.57. The summed E-state index contributed by atoms with van der Waals surface area (Å²) < 4.78 is 11.1. The number of carbonyl (C=O) groups is 2. The largest absolute Gasteiger partial charge is 0.514 e. The van der Waals surface area contributed by atoms with Crippen molar-refractivity contribution in [3.63, 3.8) is 0 Å². The Morgan fingerprint density at radius 3 is 2.42 bits per heavy atom. The number of Topliss-reactive ketones (excluding diaryl/α,β-unsaturated/α-hetero) is 1. The number of hydrogen-bond acceptors (Lipinski definition) is 4. The second-order valence-corrected chi connectivity index (χ2v) is 11.3. The second-order valence-electron chi connectivity index (χ2n) is 6.89. The number of hydrogen-bond donors (Lipinski definition) is 0. The molecule has 1 heterocycles. The molecule has 0 bridgehead atoms. The third kappa shape index (κ3) is 3.57. The summed E-state index contributed by atoms with van der Waals surface area (Å²) in [6, 6.07) is 13.2. The Bertz CT molecular complexity index is 805. The molecule has 0 saturated heterocycles. The fourth-order valence-corrected chi connectivity index (χ4v) is 3.32. The van der Waals surface area contributed by atoms with E-state index < -0.39 is 20.1 Å². The van der Waals surface area contributed by atoms with Gasteiger partial charge >= 0.3 is 5.97 Å². The molecule has 0 saturated carbocycles. The highest BCUT2D eigenvalue weighted by atomic mass is 28.4. The molecule has 5 heteroatoms. The van der Waals surface area contributed by atoms with Crippen LogP contribution in [-0.2, 0) is 22.2 Å². The minimum atomic E-state index is -2.10. The zero-order valence-electron chi connectivity index (χ0n) is 14.1. The maximum absolute atomic E-state index is 12.3. The van der Waals surface area contributed by atoms with Gasteiger partial charge in [-0.25, -0.2) is 4.79 Å². The van der Waals surface area contributed by atoms with Crippen LogP contribution in [-0.4, -0.2) is 20.1 Å². The molecule has 0 amide bonds. The van der Waals surface area contributed by atoms with Crippen LogP contribution in [0.4, 0.5) is 0 Å². The molecule has 24 heavy (non-hydrogen) atoms. The first-order chi connectivity index (χ1) is 11.3. The van der Waals surface area contributed by atoms with Crippen molar-refractivity contribution in [2.75, 3.05) is 0 Å². The maximum atomic E-state index is 12.3. The lowest BCUT2D eigenvalue weighted by Gasteiger charge is -2.16. The van der Waals surface area contributed by atoms with Crippen LogP contribution in [0.2, 0.25) is 19.6 Å². The van der Waals surface area contributed by atoms with Gasteiger partial charge in [0, 0.05) is 12.0 Å². The highest BCUT2D eigenvalue weighted by molar-refractivity contribution is 6.72. The van der Waals surface area contributed by atoms with E-state index in [1.54, 1.807) is 18.2 Å². The molecule has 0 N–H and O–H groups in total. The first-order valence-electron chi connectivity index (χ1n) is 7.94. The van der Waals surface area contributed by atoms with Gasteiger partial charge in [-0.2, -0.15) is 0 Å². The van der Waals surface area contributed by atoms with Crippen LogP contribution >= 0.6 is 0 Å². The van der Waals surface area contributed by atoms with Crippen LogP contribution in [0.25, 0.3) is 0 Å². The Hall–Kier alpha value is -2.40. The molecule has 1 aliphatic rings. The van der Waals surface area contributed by atoms with E-state index in [2.05, 4.69) is 6.07 Å². The quantitative estimate of drug-likeness (QED) is 0.485. The lowest BCUT2D eigenvalue weighted by atomic mass is 9.98. The summed E-state index contributed by atoms with van der Waals surface area (Å²) in [4.78, 5) is 24.4. The molecule has 0 atom stereocenters. The Kier molecular flexibility index (Phi) is 4.28. The molecule has 1 aliphatic heterocycles. The van der Waals surface area contributed by atoms with E-state index in [0.717, 1.165) is 16.9 Å². The van der Waals surface area contributed by atoms with Crippen molar-refractivity contribution in [3.8, 4) is 5.75 Å². The molecular formula is C19H20O4Si. The number of ketones is 1. The van der Waals surface area contributed by atoms with E-state index >= 15 is 0 Å². The molecule has 2 aromatic carbocycles. The molecule has 0 fully saturated rings. The average Bonchev–Trinajstić information content (AvgIpc) is 2.70. The van der Waals surface area contributed by atoms with Crippen molar-refractivity contribution >= 4 is 20.1 Å². The zero-order valence-corrected chi connectivity index (χ0v) is 15.1. The Morgan fingerprint density at radius 1 is 1.00 bits per heavy atom. The number of benzene rings is 2. The SMILES string of the molecule is C[Si](C)(C)OC(=O)C(=O)c1ccc2c(c1)Cc1ccccc1CO2. The standard InChI is InChI=1S/C19H20O4Si/c1-24(2,3)23-19(21)18(20)14-8-9-17-16(11-14)10-13-6-4-5-7-15(13)12-22-17/h4-9,11H,10,12H2,1-3H3. The molecule has 2 aromatic rings. The molecule has 0 aliphatic carbocycles. The van der Waals surface area contributed by atoms with E-state index in [1.807, 2.05) is 37.8 Å². The fraction of sp³-hybridized carbons (Fsp3) is 0.263. The number of carbonyl (C=O) groups excluding carboxylic acids is 2. The van der Waals surface area contributed by atoms with Crippen LogP contribution in [0.5, 0.6) is 5.75 Å². The third-order valence-electron chi connectivity index (χ3n) is 3.79. The summed E-state index contributed by atoms with van der Waals surface area (Å²) in [5.74, 6) is -0.622. The van der Waals surface area contributed by atoms with Gasteiger partial charge in [-0.05, 0) is 54.5 Å². The van der Waals surface area contributed by atoms with Gasteiger partial charge < -0.3 is 9.16 Å². The summed E-state index contributed by atoms with van der Waals surface area (Å²) in [7, 11) is -2.10. The predicted octanol–water partition coefficient (Wildman–Crippen LogP) is 3.73. The van der Waals surface area contributed by atoms with Crippen LogP contribution < -0.4 is 4.74 Å². The molecule has 3 rings (SSSR count). The number of ether oxygens (including phenoxy) is 1. The van der Waals surface area contributed by atoms with E-state index in [1.165, 1.54) is 5.56 Å². The van der Waals surface area contributed by atoms with Crippen molar-refractivity contribution in [2.45, 2.75) is 32.7 Å².